The minimum atomic E-state index is -0.194. The Kier molecular flexibility index (Phi) is 5.61. The third-order valence-electron chi connectivity index (χ3n) is 5.00. The van der Waals surface area contributed by atoms with Gasteiger partial charge in [0.1, 0.15) is 0 Å². The van der Waals surface area contributed by atoms with Gasteiger partial charge in [-0.05, 0) is 70.9 Å². The summed E-state index contributed by atoms with van der Waals surface area (Å²) >= 11 is 6.32. The summed E-state index contributed by atoms with van der Waals surface area (Å²) in [5, 5.41) is 12.4. The van der Waals surface area contributed by atoms with Gasteiger partial charge >= 0.3 is 0 Å². The highest BCUT2D eigenvalue weighted by Gasteiger charge is 2.18. The van der Waals surface area contributed by atoms with Crippen molar-refractivity contribution in [1.82, 2.24) is 24.9 Å². The SMILES string of the molecule is Cc1cc(C)n(-c2ccc(Cl)c(C(=O)N[C@@H](C)Cc3c(C)nn(C)c3C)c2)n1. The van der Waals surface area contributed by atoms with Crippen LogP contribution in [0.4, 0.5) is 0 Å². The molecule has 148 valence electrons. The van der Waals surface area contributed by atoms with Crippen LogP contribution in [0.15, 0.2) is 24.3 Å². The Morgan fingerprint density at radius 2 is 1.89 bits per heavy atom. The lowest BCUT2D eigenvalue weighted by Crippen LogP contribution is -2.34. The molecule has 7 heteroatoms. The number of hydrogen-bond donors (Lipinski definition) is 1. The van der Waals surface area contributed by atoms with E-state index in [1.54, 1.807) is 12.1 Å². The number of halogens is 1. The first-order chi connectivity index (χ1) is 13.2. The number of amides is 1. The molecule has 0 unspecified atom stereocenters. The fourth-order valence-corrected chi connectivity index (χ4v) is 3.68. The Balaban J connectivity index is 1.80. The maximum Gasteiger partial charge on any atom is 0.253 e. The molecule has 0 aliphatic rings. The van der Waals surface area contributed by atoms with Crippen LogP contribution in [0.3, 0.4) is 0 Å². The summed E-state index contributed by atoms with van der Waals surface area (Å²) in [6, 6.07) is 7.33. The van der Waals surface area contributed by atoms with E-state index in [9.17, 15) is 4.79 Å². The normalized spacial score (nSPS) is 12.2. The van der Waals surface area contributed by atoms with Crippen molar-refractivity contribution in [3.05, 3.63) is 63.2 Å². The van der Waals surface area contributed by atoms with E-state index in [4.69, 9.17) is 11.6 Å². The number of aromatic nitrogens is 4. The molecule has 6 nitrogen and oxygen atoms in total. The molecular weight excluding hydrogens is 374 g/mol. The third-order valence-corrected chi connectivity index (χ3v) is 5.33. The molecule has 3 aromatic rings. The molecule has 0 radical (unpaired) electrons. The van der Waals surface area contributed by atoms with Crippen LogP contribution in [-0.4, -0.2) is 31.5 Å². The molecule has 0 spiro atoms. The standard InChI is InChI=1S/C21H26ClN5O/c1-12(10-18-15(4)25-26(6)16(18)5)23-21(28)19-11-17(7-8-20(19)22)27-14(3)9-13(2)24-27/h7-9,11-12H,10H2,1-6H3,(H,23,28)/t12-/m0/s1. The van der Waals surface area contributed by atoms with Crippen LogP contribution in [0.5, 0.6) is 0 Å². The van der Waals surface area contributed by atoms with E-state index >= 15 is 0 Å². The van der Waals surface area contributed by atoms with Gasteiger partial charge in [0.2, 0.25) is 0 Å². The van der Waals surface area contributed by atoms with Crippen molar-refractivity contribution in [3.63, 3.8) is 0 Å². The molecule has 0 saturated carbocycles. The predicted octanol–water partition coefficient (Wildman–Crippen LogP) is 3.85. The van der Waals surface area contributed by atoms with Gasteiger partial charge in [-0.1, -0.05) is 11.6 Å². The summed E-state index contributed by atoms with van der Waals surface area (Å²) in [6.07, 6.45) is 0.714. The van der Waals surface area contributed by atoms with Crippen LogP contribution in [-0.2, 0) is 13.5 Å². The van der Waals surface area contributed by atoms with E-state index in [2.05, 4.69) is 15.5 Å². The number of aryl methyl sites for hydroxylation is 4. The van der Waals surface area contributed by atoms with Crippen LogP contribution < -0.4 is 5.32 Å². The fourth-order valence-electron chi connectivity index (χ4n) is 3.48. The minimum Gasteiger partial charge on any atom is -0.349 e. The highest BCUT2D eigenvalue weighted by Crippen LogP contribution is 2.22. The molecule has 1 N–H and O–H groups in total. The van der Waals surface area contributed by atoms with E-state index in [-0.39, 0.29) is 11.9 Å². The van der Waals surface area contributed by atoms with Gasteiger partial charge in [-0.2, -0.15) is 10.2 Å². The van der Waals surface area contributed by atoms with Gasteiger partial charge in [-0.25, -0.2) is 4.68 Å². The van der Waals surface area contributed by atoms with Gasteiger partial charge in [0.15, 0.2) is 0 Å². The number of carbonyl (C=O) groups excluding carboxylic acids is 1. The van der Waals surface area contributed by atoms with E-state index in [0.29, 0.717) is 17.0 Å². The summed E-state index contributed by atoms with van der Waals surface area (Å²) in [4.78, 5) is 12.9. The largest absolute Gasteiger partial charge is 0.349 e. The van der Waals surface area contributed by atoms with Crippen molar-refractivity contribution in [1.29, 1.82) is 0 Å². The van der Waals surface area contributed by atoms with Crippen molar-refractivity contribution >= 4 is 17.5 Å². The average molecular weight is 400 g/mol. The van der Waals surface area contributed by atoms with Crippen LogP contribution in [0.25, 0.3) is 5.69 Å². The molecule has 1 aromatic carbocycles. The first kappa shape index (κ1) is 20.1. The molecular formula is C21H26ClN5O. The second kappa shape index (κ2) is 7.80. The van der Waals surface area contributed by atoms with Crippen LogP contribution >= 0.6 is 11.6 Å². The van der Waals surface area contributed by atoms with Crippen molar-refractivity contribution in [2.45, 2.75) is 47.1 Å². The van der Waals surface area contributed by atoms with Gasteiger partial charge in [0, 0.05) is 24.5 Å². The number of carbonyl (C=O) groups is 1. The van der Waals surface area contributed by atoms with E-state index in [1.807, 2.05) is 63.2 Å². The molecule has 0 fully saturated rings. The molecule has 1 atom stereocenters. The van der Waals surface area contributed by atoms with Gasteiger partial charge in [0.25, 0.3) is 5.91 Å². The topological polar surface area (TPSA) is 64.7 Å². The van der Waals surface area contributed by atoms with Crippen molar-refractivity contribution in [2.75, 3.05) is 0 Å². The molecule has 1 amide bonds. The lowest BCUT2D eigenvalue weighted by atomic mass is 10.0. The quantitative estimate of drug-likeness (QED) is 0.708. The molecule has 0 saturated heterocycles. The number of nitrogens with zero attached hydrogens (tertiary/aromatic N) is 4. The lowest BCUT2D eigenvalue weighted by Gasteiger charge is -2.16. The fraction of sp³-hybridized carbons (Fsp3) is 0.381. The van der Waals surface area contributed by atoms with Crippen LogP contribution in [0, 0.1) is 27.7 Å². The van der Waals surface area contributed by atoms with Crippen LogP contribution in [0.2, 0.25) is 5.02 Å². The Bertz CT molecular complexity index is 1030. The summed E-state index contributed by atoms with van der Waals surface area (Å²) in [5.41, 5.74) is 6.45. The molecule has 3 rings (SSSR count). The molecule has 28 heavy (non-hydrogen) atoms. The van der Waals surface area contributed by atoms with Crippen molar-refractivity contribution in [2.24, 2.45) is 7.05 Å². The maximum absolute atomic E-state index is 12.9. The van der Waals surface area contributed by atoms with Gasteiger partial charge in [-0.3, -0.25) is 9.48 Å². The zero-order valence-corrected chi connectivity index (χ0v) is 17.9. The highest BCUT2D eigenvalue weighted by molar-refractivity contribution is 6.33. The number of nitrogens with one attached hydrogen (secondary N) is 1. The van der Waals surface area contributed by atoms with E-state index in [1.165, 1.54) is 0 Å². The Morgan fingerprint density at radius 3 is 2.46 bits per heavy atom. The zero-order chi connectivity index (χ0) is 20.6. The van der Waals surface area contributed by atoms with E-state index < -0.39 is 0 Å². The van der Waals surface area contributed by atoms with Gasteiger partial charge < -0.3 is 5.32 Å². The first-order valence-corrected chi connectivity index (χ1v) is 9.68. The lowest BCUT2D eigenvalue weighted by molar-refractivity contribution is 0.0940. The average Bonchev–Trinajstić information content (AvgIpc) is 3.08. The smallest absolute Gasteiger partial charge is 0.253 e. The monoisotopic (exact) mass is 399 g/mol. The second-order valence-corrected chi connectivity index (χ2v) is 7.76. The third kappa shape index (κ3) is 3.97. The van der Waals surface area contributed by atoms with Gasteiger partial charge in [0.05, 0.1) is 27.7 Å². The molecule has 2 heterocycles. The predicted molar refractivity (Wildman–Crippen MR) is 111 cm³/mol. The molecule has 0 bridgehead atoms. The summed E-state index contributed by atoms with van der Waals surface area (Å²) in [6.45, 7) is 9.94. The summed E-state index contributed by atoms with van der Waals surface area (Å²) in [5.74, 6) is -0.194. The summed E-state index contributed by atoms with van der Waals surface area (Å²) in [7, 11) is 1.93. The number of rotatable bonds is 5. The molecule has 2 aromatic heterocycles. The van der Waals surface area contributed by atoms with Crippen molar-refractivity contribution in [3.8, 4) is 5.69 Å². The first-order valence-electron chi connectivity index (χ1n) is 9.30. The minimum absolute atomic E-state index is 0.0532. The van der Waals surface area contributed by atoms with E-state index in [0.717, 1.165) is 34.0 Å². The summed E-state index contributed by atoms with van der Waals surface area (Å²) < 4.78 is 3.68. The number of benzene rings is 1. The molecule has 0 aliphatic heterocycles. The zero-order valence-electron chi connectivity index (χ0n) is 17.2. The van der Waals surface area contributed by atoms with Gasteiger partial charge in [-0.15, -0.1) is 0 Å². The second-order valence-electron chi connectivity index (χ2n) is 7.35. The van der Waals surface area contributed by atoms with Crippen molar-refractivity contribution < 1.29 is 4.79 Å². The Labute approximate surface area is 170 Å². The number of hydrogen-bond acceptors (Lipinski definition) is 3. The molecule has 0 aliphatic carbocycles. The Hall–Kier alpha value is -2.60. The Morgan fingerprint density at radius 1 is 1.18 bits per heavy atom. The maximum atomic E-state index is 12.9. The van der Waals surface area contributed by atoms with Crippen LogP contribution in [0.1, 0.15) is 45.6 Å². The highest BCUT2D eigenvalue weighted by atomic mass is 35.5.